The molecule has 0 amide bonds. The molecule has 0 aromatic rings. The Morgan fingerprint density at radius 3 is 1.86 bits per heavy atom. The van der Waals surface area contributed by atoms with Crippen LogP contribution in [0.3, 0.4) is 0 Å². The molecule has 0 fully saturated rings. The molecule has 1 atom stereocenters. The molecule has 4 nitrogen and oxygen atoms in total. The number of aliphatic hydroxyl groups excluding tert-OH is 2. The first-order valence-corrected chi connectivity index (χ1v) is 8.23. The molecule has 21 heavy (non-hydrogen) atoms. The summed E-state index contributed by atoms with van der Waals surface area (Å²) in [4.78, 5) is 0. The van der Waals surface area contributed by atoms with Gasteiger partial charge in [-0.3, -0.25) is 0 Å². The van der Waals surface area contributed by atoms with Crippen molar-refractivity contribution in [2.45, 2.75) is 77.7 Å². The van der Waals surface area contributed by atoms with Crippen molar-refractivity contribution in [3.05, 3.63) is 0 Å². The molecule has 5 N–H and O–H groups in total. The summed E-state index contributed by atoms with van der Waals surface area (Å²) in [6.45, 7) is 4.40. The van der Waals surface area contributed by atoms with E-state index in [0.717, 1.165) is 19.3 Å². The Hall–Kier alpha value is 0.302. The maximum Gasteiger partial charge on any atom is 0.254 e. The zero-order chi connectivity index (χ0) is 15.8. The molecule has 0 aliphatic heterocycles. The first-order valence-electron chi connectivity index (χ1n) is 7.41. The van der Waals surface area contributed by atoms with Crippen LogP contribution in [0.2, 0.25) is 0 Å². The SMILES string of the molecule is CCCCCCCCC(CCC)NC(O)=S.NC(O)=S.[Cd]. The van der Waals surface area contributed by atoms with Gasteiger partial charge >= 0.3 is 0 Å². The summed E-state index contributed by atoms with van der Waals surface area (Å²) in [7, 11) is 0. The van der Waals surface area contributed by atoms with E-state index in [-0.39, 0.29) is 32.5 Å². The van der Waals surface area contributed by atoms with E-state index >= 15 is 0 Å². The first-order chi connectivity index (χ1) is 9.43. The fourth-order valence-corrected chi connectivity index (χ4v) is 2.15. The molecule has 0 rings (SSSR count). The monoisotopic (exact) mass is 436 g/mol. The average molecular weight is 435 g/mol. The standard InChI is InChI=1S/C13H27NOS.CH3NOS.Cd/c1-3-5-6-7-8-9-11-12(10-4-2)14-13(15)16;2-1(3)4;/h12H,3-11H2,1-2H3,(H2,14,15,16);(H3,2,3,4);. The summed E-state index contributed by atoms with van der Waals surface area (Å²) in [5, 5.41) is 19.0. The molecule has 0 aromatic carbocycles. The second-order valence-electron chi connectivity index (χ2n) is 4.83. The summed E-state index contributed by atoms with van der Waals surface area (Å²) in [6.07, 6.45) is 11.3. The van der Waals surface area contributed by atoms with Crippen LogP contribution in [0, 0.1) is 0 Å². The molecular formula is C14H30CdN2O2S2. The van der Waals surface area contributed by atoms with E-state index in [0.29, 0.717) is 6.04 Å². The molecule has 1 unspecified atom stereocenters. The zero-order valence-corrected chi connectivity index (χ0v) is 19.1. The van der Waals surface area contributed by atoms with Crippen LogP contribution in [0.5, 0.6) is 0 Å². The third kappa shape index (κ3) is 29.0. The molecule has 0 heterocycles. The Balaban J connectivity index is -0.000000572. The van der Waals surface area contributed by atoms with Crippen molar-refractivity contribution >= 4 is 34.8 Å². The van der Waals surface area contributed by atoms with Crippen LogP contribution in [-0.2, 0) is 27.3 Å². The molecule has 0 spiro atoms. The van der Waals surface area contributed by atoms with Gasteiger partial charge in [-0.1, -0.05) is 58.8 Å². The van der Waals surface area contributed by atoms with Crippen LogP contribution in [-0.4, -0.2) is 26.6 Å². The Morgan fingerprint density at radius 2 is 1.43 bits per heavy atom. The predicted molar refractivity (Wildman–Crippen MR) is 94.5 cm³/mol. The van der Waals surface area contributed by atoms with Gasteiger partial charge in [0, 0.05) is 33.3 Å². The average Bonchev–Trinajstić information content (AvgIpc) is 2.32. The van der Waals surface area contributed by atoms with Crippen molar-refractivity contribution in [1.82, 2.24) is 5.32 Å². The molecule has 0 bridgehead atoms. The summed E-state index contributed by atoms with van der Waals surface area (Å²) in [5.41, 5.74) is 4.40. The summed E-state index contributed by atoms with van der Waals surface area (Å²) < 4.78 is 0. The number of hydrogen-bond acceptors (Lipinski definition) is 2. The quantitative estimate of drug-likeness (QED) is 0.235. The van der Waals surface area contributed by atoms with Crippen LogP contribution >= 0.6 is 24.4 Å². The van der Waals surface area contributed by atoms with Gasteiger partial charge in [0.2, 0.25) is 0 Å². The van der Waals surface area contributed by atoms with Crippen molar-refractivity contribution in [1.29, 1.82) is 0 Å². The predicted octanol–water partition coefficient (Wildman–Crippen LogP) is 4.12. The van der Waals surface area contributed by atoms with E-state index in [2.05, 4.69) is 49.3 Å². The molecule has 0 aliphatic carbocycles. The van der Waals surface area contributed by atoms with Crippen molar-refractivity contribution in [3.63, 3.8) is 0 Å². The van der Waals surface area contributed by atoms with Crippen molar-refractivity contribution in [2.24, 2.45) is 5.73 Å². The second kappa shape index (κ2) is 20.3. The van der Waals surface area contributed by atoms with E-state index in [4.69, 9.17) is 10.2 Å². The smallest absolute Gasteiger partial charge is 0.254 e. The molecule has 0 saturated carbocycles. The van der Waals surface area contributed by atoms with Gasteiger partial charge < -0.3 is 21.3 Å². The van der Waals surface area contributed by atoms with Crippen LogP contribution in [0.4, 0.5) is 0 Å². The van der Waals surface area contributed by atoms with E-state index in [1.165, 1.54) is 38.5 Å². The van der Waals surface area contributed by atoms with Crippen LogP contribution < -0.4 is 11.1 Å². The second-order valence-corrected chi connectivity index (χ2v) is 5.63. The summed E-state index contributed by atoms with van der Waals surface area (Å²) >= 11 is 8.54. The molecule has 0 aromatic heterocycles. The number of nitrogens with one attached hydrogen (secondary N) is 1. The van der Waals surface area contributed by atoms with Gasteiger partial charge in [0.15, 0.2) is 0 Å². The van der Waals surface area contributed by atoms with E-state index in [9.17, 15) is 0 Å². The Labute approximate surface area is 160 Å². The molecule has 122 valence electrons. The Bertz CT molecular complexity index is 253. The first kappa shape index (κ1) is 26.2. The molecule has 0 aliphatic rings. The van der Waals surface area contributed by atoms with Crippen LogP contribution in [0.15, 0.2) is 0 Å². The van der Waals surface area contributed by atoms with Gasteiger partial charge in [0.05, 0.1) is 0 Å². The number of thiocarbonyl (C=S) groups is 2. The van der Waals surface area contributed by atoms with Gasteiger partial charge in [0.25, 0.3) is 10.3 Å². The zero-order valence-electron chi connectivity index (χ0n) is 13.4. The van der Waals surface area contributed by atoms with E-state index < -0.39 is 5.17 Å². The van der Waals surface area contributed by atoms with E-state index in [1.54, 1.807) is 0 Å². The minimum Gasteiger partial charge on any atom is -0.487 e. The van der Waals surface area contributed by atoms with Crippen molar-refractivity contribution < 1.29 is 37.5 Å². The van der Waals surface area contributed by atoms with Gasteiger partial charge in [0.1, 0.15) is 0 Å². The van der Waals surface area contributed by atoms with E-state index in [1.807, 2.05) is 0 Å². The Kier molecular flexibility index (Phi) is 25.3. The van der Waals surface area contributed by atoms with Gasteiger partial charge in [-0.25, -0.2) is 0 Å². The minimum absolute atomic E-state index is 0. The fraction of sp³-hybridized carbons (Fsp3) is 0.857. The fourth-order valence-electron chi connectivity index (χ4n) is 1.98. The van der Waals surface area contributed by atoms with Crippen LogP contribution in [0.1, 0.15) is 71.6 Å². The van der Waals surface area contributed by atoms with Gasteiger partial charge in [-0.05, 0) is 37.3 Å². The third-order valence-corrected chi connectivity index (χ3v) is 2.99. The maximum atomic E-state index is 9.04. The maximum absolute atomic E-state index is 9.04. The summed E-state index contributed by atoms with van der Waals surface area (Å²) in [5.74, 6) is 0. The number of aliphatic hydroxyl groups is 2. The van der Waals surface area contributed by atoms with Crippen molar-refractivity contribution in [2.75, 3.05) is 0 Å². The molecule has 0 saturated heterocycles. The van der Waals surface area contributed by atoms with Crippen LogP contribution in [0.25, 0.3) is 0 Å². The molecule has 0 radical (unpaired) electrons. The number of hydrogen-bond donors (Lipinski definition) is 4. The largest absolute Gasteiger partial charge is 0.487 e. The van der Waals surface area contributed by atoms with Gasteiger partial charge in [-0.15, -0.1) is 0 Å². The third-order valence-electron chi connectivity index (χ3n) is 2.87. The van der Waals surface area contributed by atoms with Crippen molar-refractivity contribution in [3.8, 4) is 0 Å². The number of rotatable bonds is 10. The number of nitrogens with two attached hydrogens (primary N) is 1. The summed E-state index contributed by atoms with van der Waals surface area (Å²) in [6, 6.07) is 0.369. The minimum atomic E-state index is -0.500. The normalized spacial score (nSPS) is 10.6. The molecular weight excluding hydrogens is 405 g/mol. The Morgan fingerprint density at radius 1 is 0.952 bits per heavy atom. The number of unbranched alkanes of at least 4 members (excludes halogenated alkanes) is 5. The van der Waals surface area contributed by atoms with Gasteiger partial charge in [-0.2, -0.15) is 0 Å². The molecule has 7 heteroatoms. The topological polar surface area (TPSA) is 78.5 Å².